The first-order valence-corrected chi connectivity index (χ1v) is 9.83. The van der Waals surface area contributed by atoms with Crippen LogP contribution in [-0.4, -0.2) is 43.9 Å². The third-order valence-corrected chi connectivity index (χ3v) is 5.70. The van der Waals surface area contributed by atoms with E-state index in [0.717, 1.165) is 0 Å². The van der Waals surface area contributed by atoms with Crippen molar-refractivity contribution in [2.75, 3.05) is 16.8 Å². The molecule has 2 atom stereocenters. The molecule has 1 aromatic carbocycles. The third-order valence-electron chi connectivity index (χ3n) is 3.94. The minimum Gasteiger partial charge on any atom is -0.334 e. The van der Waals surface area contributed by atoms with Gasteiger partial charge < -0.3 is 16.0 Å². The molecule has 1 unspecified atom stereocenters. The van der Waals surface area contributed by atoms with Gasteiger partial charge in [0.2, 0.25) is 5.91 Å². The van der Waals surface area contributed by atoms with Crippen molar-refractivity contribution in [1.29, 1.82) is 0 Å². The molecule has 1 aliphatic heterocycles. The summed E-state index contributed by atoms with van der Waals surface area (Å²) < 4.78 is 36.5. The molecule has 1 aromatic rings. The normalized spacial score (nSPS) is 20.1. The van der Waals surface area contributed by atoms with Crippen molar-refractivity contribution in [2.24, 2.45) is 5.92 Å². The molecule has 0 saturated carbocycles. The number of urea groups is 1. The van der Waals surface area contributed by atoms with Crippen molar-refractivity contribution >= 4 is 27.5 Å². The van der Waals surface area contributed by atoms with E-state index in [0.29, 0.717) is 6.42 Å². The van der Waals surface area contributed by atoms with Crippen molar-refractivity contribution in [3.05, 3.63) is 30.1 Å². The smallest absolute Gasteiger partial charge is 0.315 e. The number of hydrogen-bond acceptors (Lipinski definition) is 4. The monoisotopic (exact) mass is 371 g/mol. The Kier molecular flexibility index (Phi) is 5.99. The van der Waals surface area contributed by atoms with Gasteiger partial charge in [0.15, 0.2) is 9.84 Å². The summed E-state index contributed by atoms with van der Waals surface area (Å²) in [6, 6.07) is 3.76. The number of rotatable bonds is 5. The molecule has 25 heavy (non-hydrogen) atoms. The topological polar surface area (TPSA) is 104 Å². The first-order chi connectivity index (χ1) is 11.7. The molecule has 0 aliphatic carbocycles. The SMILES string of the molecule is CC(C)[C@H](NC(=O)NC1CCS(=O)(=O)C1)C(=O)Nc1ccccc1F. The van der Waals surface area contributed by atoms with Crippen LogP contribution in [-0.2, 0) is 14.6 Å². The van der Waals surface area contributed by atoms with Gasteiger partial charge in [0.1, 0.15) is 11.9 Å². The van der Waals surface area contributed by atoms with Crippen LogP contribution in [0.3, 0.4) is 0 Å². The minimum absolute atomic E-state index is 0.0299. The van der Waals surface area contributed by atoms with Gasteiger partial charge in [-0.25, -0.2) is 17.6 Å². The average Bonchev–Trinajstić information content (AvgIpc) is 2.85. The Balaban J connectivity index is 1.97. The van der Waals surface area contributed by atoms with E-state index in [-0.39, 0.29) is 23.1 Å². The maximum atomic E-state index is 13.6. The Morgan fingerprint density at radius 2 is 1.92 bits per heavy atom. The van der Waals surface area contributed by atoms with E-state index in [1.165, 1.54) is 18.2 Å². The van der Waals surface area contributed by atoms with E-state index >= 15 is 0 Å². The van der Waals surface area contributed by atoms with E-state index in [9.17, 15) is 22.4 Å². The molecule has 1 saturated heterocycles. The highest BCUT2D eigenvalue weighted by atomic mass is 32.2. The molecular weight excluding hydrogens is 349 g/mol. The van der Waals surface area contributed by atoms with E-state index < -0.39 is 39.7 Å². The van der Waals surface area contributed by atoms with Crippen LogP contribution in [0.1, 0.15) is 20.3 Å². The summed E-state index contributed by atoms with van der Waals surface area (Å²) in [4.78, 5) is 24.4. The van der Waals surface area contributed by atoms with Crippen LogP contribution in [0.25, 0.3) is 0 Å². The summed E-state index contributed by atoms with van der Waals surface area (Å²) >= 11 is 0. The number of para-hydroxylation sites is 1. The quantitative estimate of drug-likeness (QED) is 0.725. The molecular formula is C16H22FN3O4S. The summed E-state index contributed by atoms with van der Waals surface area (Å²) in [5, 5.41) is 7.55. The second-order valence-electron chi connectivity index (χ2n) is 6.41. The number of hydrogen-bond donors (Lipinski definition) is 3. The van der Waals surface area contributed by atoms with Crippen LogP contribution in [0.5, 0.6) is 0 Å². The van der Waals surface area contributed by atoms with Crippen molar-refractivity contribution in [3.63, 3.8) is 0 Å². The van der Waals surface area contributed by atoms with E-state index in [1.807, 2.05) is 0 Å². The third kappa shape index (κ3) is 5.42. The van der Waals surface area contributed by atoms with Gasteiger partial charge in [-0.15, -0.1) is 0 Å². The van der Waals surface area contributed by atoms with Gasteiger partial charge in [0.25, 0.3) is 0 Å². The second-order valence-corrected chi connectivity index (χ2v) is 8.64. The Labute approximate surface area is 146 Å². The molecule has 3 amide bonds. The lowest BCUT2D eigenvalue weighted by Gasteiger charge is -2.23. The summed E-state index contributed by atoms with van der Waals surface area (Å²) in [6.07, 6.45) is 0.351. The molecule has 138 valence electrons. The molecule has 9 heteroatoms. The molecule has 0 bridgehead atoms. The van der Waals surface area contributed by atoms with Gasteiger partial charge in [0.05, 0.1) is 17.2 Å². The largest absolute Gasteiger partial charge is 0.334 e. The summed E-state index contributed by atoms with van der Waals surface area (Å²) in [5.41, 5.74) is 0.0299. The number of sulfone groups is 1. The number of benzene rings is 1. The fraction of sp³-hybridized carbons (Fsp3) is 0.500. The van der Waals surface area contributed by atoms with E-state index in [2.05, 4.69) is 16.0 Å². The molecule has 0 spiro atoms. The summed E-state index contributed by atoms with van der Waals surface area (Å²) in [7, 11) is -3.11. The summed E-state index contributed by atoms with van der Waals surface area (Å²) in [5.74, 6) is -1.42. The maximum absolute atomic E-state index is 13.6. The van der Waals surface area contributed by atoms with Crippen LogP contribution in [0.15, 0.2) is 24.3 Å². The molecule has 1 aliphatic rings. The zero-order valence-electron chi connectivity index (χ0n) is 14.1. The van der Waals surface area contributed by atoms with Crippen LogP contribution in [0.4, 0.5) is 14.9 Å². The fourth-order valence-electron chi connectivity index (χ4n) is 2.59. The average molecular weight is 371 g/mol. The van der Waals surface area contributed by atoms with Crippen molar-refractivity contribution in [1.82, 2.24) is 10.6 Å². The standard InChI is InChI=1S/C16H22FN3O4S/c1-10(2)14(15(21)19-13-6-4-3-5-12(13)17)20-16(22)18-11-7-8-25(23,24)9-11/h3-6,10-11,14H,7-9H2,1-2H3,(H,19,21)(H2,18,20,22)/t11?,14-/m0/s1. The van der Waals surface area contributed by atoms with Crippen LogP contribution < -0.4 is 16.0 Å². The lowest BCUT2D eigenvalue weighted by Crippen LogP contribution is -2.52. The van der Waals surface area contributed by atoms with Gasteiger partial charge in [-0.05, 0) is 24.5 Å². The second kappa shape index (κ2) is 7.81. The molecule has 0 radical (unpaired) electrons. The van der Waals surface area contributed by atoms with Gasteiger partial charge in [-0.3, -0.25) is 4.79 Å². The fourth-order valence-corrected chi connectivity index (χ4v) is 4.26. The highest BCUT2D eigenvalue weighted by Crippen LogP contribution is 2.14. The highest BCUT2D eigenvalue weighted by Gasteiger charge is 2.31. The highest BCUT2D eigenvalue weighted by molar-refractivity contribution is 7.91. The van der Waals surface area contributed by atoms with Crippen LogP contribution in [0.2, 0.25) is 0 Å². The van der Waals surface area contributed by atoms with Crippen LogP contribution >= 0.6 is 0 Å². The van der Waals surface area contributed by atoms with Crippen molar-refractivity contribution in [2.45, 2.75) is 32.4 Å². The first-order valence-electron chi connectivity index (χ1n) is 8.01. The molecule has 1 fully saturated rings. The van der Waals surface area contributed by atoms with Crippen molar-refractivity contribution < 1.29 is 22.4 Å². The Bertz CT molecular complexity index is 752. The molecule has 3 N–H and O–H groups in total. The Morgan fingerprint density at radius 1 is 1.24 bits per heavy atom. The lowest BCUT2D eigenvalue weighted by molar-refractivity contribution is -0.118. The number of anilines is 1. The van der Waals surface area contributed by atoms with E-state index in [1.54, 1.807) is 19.9 Å². The number of carbonyl (C=O) groups excluding carboxylic acids is 2. The maximum Gasteiger partial charge on any atom is 0.315 e. The predicted octanol–water partition coefficient (Wildman–Crippen LogP) is 1.28. The van der Waals surface area contributed by atoms with Gasteiger partial charge >= 0.3 is 6.03 Å². The van der Waals surface area contributed by atoms with E-state index in [4.69, 9.17) is 0 Å². The summed E-state index contributed by atoms with van der Waals surface area (Å²) in [6.45, 7) is 3.48. The zero-order chi connectivity index (χ0) is 18.6. The van der Waals surface area contributed by atoms with Crippen molar-refractivity contribution in [3.8, 4) is 0 Å². The minimum atomic E-state index is -3.11. The molecule has 2 rings (SSSR count). The van der Waals surface area contributed by atoms with Gasteiger partial charge in [-0.1, -0.05) is 26.0 Å². The zero-order valence-corrected chi connectivity index (χ0v) is 14.9. The molecule has 1 heterocycles. The number of carbonyl (C=O) groups is 2. The number of amides is 3. The Morgan fingerprint density at radius 3 is 2.48 bits per heavy atom. The first kappa shape index (κ1) is 19.2. The van der Waals surface area contributed by atoms with Crippen LogP contribution in [0, 0.1) is 11.7 Å². The lowest BCUT2D eigenvalue weighted by atomic mass is 10.0. The van der Waals surface area contributed by atoms with Gasteiger partial charge in [0, 0.05) is 6.04 Å². The Hall–Kier alpha value is -2.16. The van der Waals surface area contributed by atoms with Gasteiger partial charge in [-0.2, -0.15) is 0 Å². The number of nitrogens with one attached hydrogen (secondary N) is 3. The predicted molar refractivity (Wildman–Crippen MR) is 92.4 cm³/mol. The number of halogens is 1. The molecule has 7 nitrogen and oxygen atoms in total. The molecule has 0 aromatic heterocycles.